The number of fused-ring (bicyclic) bond motifs is 2. The Morgan fingerprint density at radius 1 is 1.30 bits per heavy atom. The molecule has 2 N–H and O–H groups in total. The van der Waals surface area contributed by atoms with Gasteiger partial charge in [-0.2, -0.15) is 8.78 Å². The van der Waals surface area contributed by atoms with Crippen LogP contribution in [0.1, 0.15) is 43.7 Å². The van der Waals surface area contributed by atoms with Crippen molar-refractivity contribution in [1.82, 2.24) is 0 Å². The highest BCUT2D eigenvalue weighted by molar-refractivity contribution is 5.86. The zero-order chi connectivity index (χ0) is 22.4. The van der Waals surface area contributed by atoms with Crippen LogP contribution in [0.3, 0.4) is 0 Å². The number of ether oxygens (including phenoxy) is 1. The Bertz CT molecular complexity index is 878. The molecule has 9 nitrogen and oxygen atoms in total. The molecule has 0 unspecified atom stereocenters. The maximum absolute atomic E-state index is 14.4. The fourth-order valence-electron chi connectivity index (χ4n) is 4.63. The van der Waals surface area contributed by atoms with E-state index < -0.39 is 53.2 Å². The molecule has 0 radical (unpaired) electrons. The second kappa shape index (κ2) is 7.37. The highest BCUT2D eigenvalue weighted by atomic mass is 19.3. The summed E-state index contributed by atoms with van der Waals surface area (Å²) in [7, 11) is 0. The average Bonchev–Trinajstić information content (AvgIpc) is 2.63. The number of ketones is 1. The molecule has 30 heavy (non-hydrogen) atoms. The second-order valence-corrected chi connectivity index (χ2v) is 8.19. The van der Waals surface area contributed by atoms with Gasteiger partial charge in [0.25, 0.3) is 5.09 Å². The van der Waals surface area contributed by atoms with Crippen LogP contribution in [0.4, 0.5) is 8.78 Å². The number of esters is 1. The molecule has 164 valence electrons. The topological polar surface area (TPSA) is 136 Å². The molecule has 4 rings (SSSR count). The lowest BCUT2D eigenvalue weighted by atomic mass is 9.44. The number of benzene rings is 1. The van der Waals surface area contributed by atoms with Crippen molar-refractivity contribution in [3.8, 4) is 11.5 Å². The molecule has 3 saturated carbocycles. The minimum Gasteiger partial charge on any atom is -0.508 e. The van der Waals surface area contributed by atoms with Crippen molar-refractivity contribution in [3.05, 3.63) is 33.4 Å². The van der Waals surface area contributed by atoms with Crippen molar-refractivity contribution in [1.29, 1.82) is 0 Å². The zero-order valence-corrected chi connectivity index (χ0v) is 16.3. The van der Waals surface area contributed by atoms with Crippen LogP contribution in [0.2, 0.25) is 0 Å². The number of nitrogens with zero attached hydrogens (tertiary/aromatic N) is 1. The molecule has 0 amide bonds. The van der Waals surface area contributed by atoms with Gasteiger partial charge in [-0.3, -0.25) is 4.79 Å². The summed E-state index contributed by atoms with van der Waals surface area (Å²) in [5.74, 6) is -8.15. The second-order valence-electron chi connectivity index (χ2n) is 8.19. The maximum Gasteiger partial charge on any atom is 0.382 e. The predicted molar refractivity (Wildman–Crippen MR) is 95.3 cm³/mol. The predicted octanol–water partition coefficient (Wildman–Crippen LogP) is 2.66. The number of Topliss-reactive ketones (excluding diaryl/α,β-unsaturated/α-hetero) is 1. The van der Waals surface area contributed by atoms with Crippen molar-refractivity contribution < 1.29 is 43.2 Å². The summed E-state index contributed by atoms with van der Waals surface area (Å²) in [5, 5.41) is 29.6. The monoisotopic (exact) mass is 429 g/mol. The molecule has 3 atom stereocenters. The van der Waals surface area contributed by atoms with Gasteiger partial charge < -0.3 is 19.8 Å². The molecule has 3 aliphatic rings. The Kier molecular flexibility index (Phi) is 5.33. The van der Waals surface area contributed by atoms with Crippen LogP contribution in [-0.4, -0.2) is 40.3 Å². The molecule has 2 bridgehead atoms. The Labute approximate surface area is 169 Å². The zero-order valence-electron chi connectivity index (χ0n) is 16.3. The smallest absolute Gasteiger partial charge is 0.382 e. The first-order chi connectivity index (χ1) is 13.9. The van der Waals surface area contributed by atoms with Crippen LogP contribution < -0.4 is 0 Å². The van der Waals surface area contributed by atoms with E-state index in [2.05, 4.69) is 9.57 Å². The van der Waals surface area contributed by atoms with Crippen LogP contribution in [0.15, 0.2) is 12.1 Å². The van der Waals surface area contributed by atoms with Crippen molar-refractivity contribution in [2.45, 2.75) is 38.5 Å². The van der Waals surface area contributed by atoms with Crippen LogP contribution in [-0.2, 0) is 25.1 Å². The lowest BCUT2D eigenvalue weighted by Crippen LogP contribution is -2.56. The summed E-state index contributed by atoms with van der Waals surface area (Å²) in [4.78, 5) is 37.9. The fourth-order valence-corrected chi connectivity index (χ4v) is 4.63. The molecule has 3 aliphatic carbocycles. The number of hydrogen-bond acceptors (Lipinski definition) is 8. The summed E-state index contributed by atoms with van der Waals surface area (Å²) in [6.07, 6.45) is 0.694. The number of halogens is 2. The van der Waals surface area contributed by atoms with E-state index in [4.69, 9.17) is 0 Å². The van der Waals surface area contributed by atoms with Gasteiger partial charge in [0.05, 0.1) is 0 Å². The molecule has 0 saturated heterocycles. The summed E-state index contributed by atoms with van der Waals surface area (Å²) >= 11 is 0. The van der Waals surface area contributed by atoms with Gasteiger partial charge in [-0.25, -0.2) is 4.79 Å². The fraction of sp³-hybridized carbons (Fsp3) is 0.579. The van der Waals surface area contributed by atoms with Gasteiger partial charge in [-0.05, 0) is 29.9 Å². The molecule has 0 spiro atoms. The van der Waals surface area contributed by atoms with Crippen molar-refractivity contribution in [2.75, 3.05) is 13.2 Å². The van der Waals surface area contributed by atoms with Crippen molar-refractivity contribution in [2.24, 2.45) is 17.3 Å². The number of carbonyl (C=O) groups is 2. The third-order valence-electron chi connectivity index (χ3n) is 6.28. The number of phenolic OH excluding ortho intramolecular Hbond substituents is 2. The van der Waals surface area contributed by atoms with Gasteiger partial charge in [-0.15, -0.1) is 10.1 Å². The SMILES string of the molecule is CC1(C)[C@@H]2C[C@H]1C(=O)C[C@H]2c1c(O)cc(C(F)(F)C(=O)OCCO[N+](=O)[O-])cc1O. The van der Waals surface area contributed by atoms with Gasteiger partial charge in [0.15, 0.2) is 0 Å². The minimum atomic E-state index is -4.23. The van der Waals surface area contributed by atoms with E-state index in [0.29, 0.717) is 18.6 Å². The van der Waals surface area contributed by atoms with E-state index in [0.717, 1.165) is 0 Å². The van der Waals surface area contributed by atoms with Crippen LogP contribution in [0.25, 0.3) is 0 Å². The molecule has 0 aliphatic heterocycles. The lowest BCUT2D eigenvalue weighted by molar-refractivity contribution is -0.757. The Hall–Kier alpha value is -2.98. The molecular formula is C19H21F2NO8. The molecule has 3 fully saturated rings. The number of phenols is 2. The van der Waals surface area contributed by atoms with Crippen molar-refractivity contribution >= 4 is 11.8 Å². The summed E-state index contributed by atoms with van der Waals surface area (Å²) in [5.41, 5.74) is -1.32. The number of aromatic hydroxyl groups is 2. The number of carbonyl (C=O) groups excluding carboxylic acids is 2. The quantitative estimate of drug-likeness (QED) is 0.292. The first kappa shape index (κ1) is 21.7. The first-order valence-electron chi connectivity index (χ1n) is 9.28. The highest BCUT2D eigenvalue weighted by Gasteiger charge is 2.59. The summed E-state index contributed by atoms with van der Waals surface area (Å²) in [6, 6.07) is 1.32. The van der Waals surface area contributed by atoms with Gasteiger partial charge in [0.2, 0.25) is 0 Å². The largest absolute Gasteiger partial charge is 0.508 e. The standard InChI is InChI=1S/C19H21F2NO8/c1-18(2)11-8-12(18)13(23)7-10(11)16-14(24)5-9(6-15(16)25)19(20,21)17(26)29-3-4-30-22(27)28/h5-6,10-12,24-25H,3-4,7-8H2,1-2H3/t10-,11-,12+/m1/s1. The normalized spacial score (nSPS) is 24.7. The third-order valence-corrected chi connectivity index (χ3v) is 6.28. The third kappa shape index (κ3) is 3.52. The molecular weight excluding hydrogens is 408 g/mol. The van der Waals surface area contributed by atoms with Crippen LogP contribution in [0, 0.1) is 27.4 Å². The number of rotatable bonds is 7. The average molecular weight is 429 g/mol. The maximum atomic E-state index is 14.4. The van der Waals surface area contributed by atoms with E-state index in [1.54, 1.807) is 0 Å². The van der Waals surface area contributed by atoms with E-state index >= 15 is 0 Å². The van der Waals surface area contributed by atoms with Gasteiger partial charge >= 0.3 is 11.9 Å². The van der Waals surface area contributed by atoms with E-state index in [-0.39, 0.29) is 35.0 Å². The Morgan fingerprint density at radius 2 is 1.90 bits per heavy atom. The van der Waals surface area contributed by atoms with E-state index in [1.165, 1.54) is 0 Å². The van der Waals surface area contributed by atoms with Gasteiger partial charge in [0.1, 0.15) is 30.5 Å². The number of hydrogen-bond donors (Lipinski definition) is 2. The van der Waals surface area contributed by atoms with E-state index in [9.17, 15) is 38.7 Å². The molecule has 0 heterocycles. The summed E-state index contributed by atoms with van der Waals surface area (Å²) in [6.45, 7) is 2.34. The molecule has 1 aromatic rings. The van der Waals surface area contributed by atoms with Gasteiger partial charge in [0, 0.05) is 29.4 Å². The first-order valence-corrected chi connectivity index (χ1v) is 9.28. The van der Waals surface area contributed by atoms with Crippen LogP contribution in [0.5, 0.6) is 11.5 Å². The van der Waals surface area contributed by atoms with Crippen LogP contribution >= 0.6 is 0 Å². The highest BCUT2D eigenvalue weighted by Crippen LogP contribution is 2.64. The van der Waals surface area contributed by atoms with Crippen molar-refractivity contribution in [3.63, 3.8) is 0 Å². The van der Waals surface area contributed by atoms with E-state index in [1.807, 2.05) is 13.8 Å². The molecule has 0 aromatic heterocycles. The minimum absolute atomic E-state index is 0.00114. The lowest BCUT2D eigenvalue weighted by Gasteiger charge is -2.59. The Balaban J connectivity index is 1.81. The van der Waals surface area contributed by atoms with Gasteiger partial charge in [-0.1, -0.05) is 13.8 Å². The molecule has 1 aromatic carbocycles. The molecule has 11 heteroatoms. The summed E-state index contributed by atoms with van der Waals surface area (Å²) < 4.78 is 33.1. The number of alkyl halides is 2. The Morgan fingerprint density at radius 3 is 2.40 bits per heavy atom.